The van der Waals surface area contributed by atoms with Gasteiger partial charge in [-0.3, -0.25) is 19.8 Å². The quantitative estimate of drug-likeness (QED) is 0.515. The van der Waals surface area contributed by atoms with Crippen LogP contribution < -0.4 is 15.5 Å². The minimum Gasteiger partial charge on any atom is -0.377 e. The highest BCUT2D eigenvalue weighted by Crippen LogP contribution is 2.31. The Kier molecular flexibility index (Phi) is 6.13. The molecule has 2 aliphatic rings. The topological polar surface area (TPSA) is 90.8 Å². The Hall–Kier alpha value is -3.13. The molecule has 1 saturated carbocycles. The predicted octanol–water partition coefficient (Wildman–Crippen LogP) is 2.72. The lowest BCUT2D eigenvalue weighted by atomic mass is 10.1. The summed E-state index contributed by atoms with van der Waals surface area (Å²) < 4.78 is 0. The van der Waals surface area contributed by atoms with Gasteiger partial charge in [-0.25, -0.2) is 0 Å². The second-order valence-corrected chi connectivity index (χ2v) is 7.83. The monoisotopic (exact) mass is 409 g/mol. The molecule has 0 aromatic heterocycles. The van der Waals surface area contributed by atoms with Crippen LogP contribution in [0.3, 0.4) is 0 Å². The number of carbonyl (C=O) groups excluding carboxylic acids is 1. The third kappa shape index (κ3) is 5.07. The van der Waals surface area contributed by atoms with Gasteiger partial charge in [0.1, 0.15) is 5.69 Å². The standard InChI is InChI=1S/C22H27N5O3/c28-22(17-6-9-20(24-18-7-8-18)21(16-17)27(29)30)23-10-11-25-12-14-26(15-13-25)19-4-2-1-3-5-19/h1-6,9,16,18,24H,7-8,10-15H2,(H,23,28). The molecule has 0 radical (unpaired) electrons. The Morgan fingerprint density at radius 1 is 1.07 bits per heavy atom. The Morgan fingerprint density at radius 3 is 2.47 bits per heavy atom. The van der Waals surface area contributed by atoms with Gasteiger partial charge in [0.15, 0.2) is 0 Å². The van der Waals surface area contributed by atoms with E-state index in [2.05, 4.69) is 44.7 Å². The van der Waals surface area contributed by atoms with Gasteiger partial charge in [-0.2, -0.15) is 0 Å². The van der Waals surface area contributed by atoms with Crippen molar-refractivity contribution >= 4 is 23.0 Å². The highest BCUT2D eigenvalue weighted by Gasteiger charge is 2.25. The average Bonchev–Trinajstić information content (AvgIpc) is 3.59. The predicted molar refractivity (Wildman–Crippen MR) is 117 cm³/mol. The molecule has 1 saturated heterocycles. The number of hydrogen-bond acceptors (Lipinski definition) is 6. The van der Waals surface area contributed by atoms with Gasteiger partial charge in [0, 0.05) is 62.6 Å². The number of hydrogen-bond donors (Lipinski definition) is 2. The number of nitro benzene ring substituents is 1. The first-order chi connectivity index (χ1) is 14.6. The van der Waals surface area contributed by atoms with Crippen LogP contribution >= 0.6 is 0 Å². The zero-order chi connectivity index (χ0) is 20.9. The molecule has 2 aromatic rings. The molecule has 0 bridgehead atoms. The molecule has 1 heterocycles. The number of para-hydroxylation sites is 1. The van der Waals surface area contributed by atoms with Crippen LogP contribution in [0.2, 0.25) is 0 Å². The van der Waals surface area contributed by atoms with E-state index in [1.54, 1.807) is 12.1 Å². The Morgan fingerprint density at radius 2 is 1.80 bits per heavy atom. The van der Waals surface area contributed by atoms with Crippen LogP contribution in [0.1, 0.15) is 23.2 Å². The van der Waals surface area contributed by atoms with Crippen LogP contribution in [0.25, 0.3) is 0 Å². The average molecular weight is 409 g/mol. The normalized spacial score (nSPS) is 16.9. The van der Waals surface area contributed by atoms with Crippen molar-refractivity contribution in [1.82, 2.24) is 10.2 Å². The van der Waals surface area contributed by atoms with Crippen molar-refractivity contribution < 1.29 is 9.72 Å². The first-order valence-corrected chi connectivity index (χ1v) is 10.5. The molecule has 0 unspecified atom stereocenters. The van der Waals surface area contributed by atoms with Crippen LogP contribution in [0.4, 0.5) is 17.1 Å². The second-order valence-electron chi connectivity index (χ2n) is 7.83. The van der Waals surface area contributed by atoms with E-state index in [1.807, 2.05) is 6.07 Å². The van der Waals surface area contributed by atoms with Crippen molar-refractivity contribution in [3.63, 3.8) is 0 Å². The lowest BCUT2D eigenvalue weighted by Crippen LogP contribution is -2.48. The number of anilines is 2. The van der Waals surface area contributed by atoms with Crippen molar-refractivity contribution in [2.75, 3.05) is 49.5 Å². The molecule has 1 aliphatic heterocycles. The van der Waals surface area contributed by atoms with E-state index in [4.69, 9.17) is 0 Å². The number of rotatable bonds is 8. The fourth-order valence-corrected chi connectivity index (χ4v) is 3.69. The van der Waals surface area contributed by atoms with E-state index in [1.165, 1.54) is 11.8 Å². The second kappa shape index (κ2) is 9.13. The van der Waals surface area contributed by atoms with E-state index < -0.39 is 4.92 Å². The molecular weight excluding hydrogens is 382 g/mol. The first-order valence-electron chi connectivity index (χ1n) is 10.5. The molecule has 2 aromatic carbocycles. The molecule has 0 atom stereocenters. The maximum atomic E-state index is 12.5. The third-order valence-corrected chi connectivity index (χ3v) is 5.60. The van der Waals surface area contributed by atoms with Crippen molar-refractivity contribution in [3.05, 3.63) is 64.2 Å². The van der Waals surface area contributed by atoms with Crippen LogP contribution in [0, 0.1) is 10.1 Å². The number of amides is 1. The summed E-state index contributed by atoms with van der Waals surface area (Å²) in [7, 11) is 0. The Balaban J connectivity index is 1.25. The SMILES string of the molecule is O=C(NCCN1CCN(c2ccccc2)CC1)c1ccc(NC2CC2)c([N+](=O)[O-])c1. The summed E-state index contributed by atoms with van der Waals surface area (Å²) in [6.45, 7) is 5.08. The molecule has 4 rings (SSSR count). The number of carbonyl (C=O) groups is 1. The maximum absolute atomic E-state index is 12.5. The van der Waals surface area contributed by atoms with Crippen molar-refractivity contribution in [3.8, 4) is 0 Å². The summed E-state index contributed by atoms with van der Waals surface area (Å²) in [5, 5.41) is 17.4. The Labute approximate surface area is 176 Å². The van der Waals surface area contributed by atoms with Gasteiger partial charge < -0.3 is 15.5 Å². The lowest BCUT2D eigenvalue weighted by molar-refractivity contribution is -0.384. The summed E-state index contributed by atoms with van der Waals surface area (Å²) in [5.74, 6) is -0.279. The van der Waals surface area contributed by atoms with Gasteiger partial charge in [-0.1, -0.05) is 18.2 Å². The number of nitrogens with zero attached hydrogens (tertiary/aromatic N) is 3. The van der Waals surface area contributed by atoms with Gasteiger partial charge >= 0.3 is 0 Å². The molecule has 30 heavy (non-hydrogen) atoms. The van der Waals surface area contributed by atoms with Crippen molar-refractivity contribution in [1.29, 1.82) is 0 Å². The molecule has 158 valence electrons. The minimum absolute atomic E-state index is 0.0495. The molecule has 1 aliphatic carbocycles. The van der Waals surface area contributed by atoms with E-state index in [0.717, 1.165) is 45.6 Å². The summed E-state index contributed by atoms with van der Waals surface area (Å²) in [5.41, 5.74) is 1.99. The van der Waals surface area contributed by atoms with E-state index in [-0.39, 0.29) is 11.6 Å². The van der Waals surface area contributed by atoms with Crippen LogP contribution in [-0.4, -0.2) is 61.0 Å². The molecule has 2 fully saturated rings. The number of nitro groups is 1. The summed E-state index contributed by atoms with van der Waals surface area (Å²) in [6.07, 6.45) is 2.05. The fraction of sp³-hybridized carbons (Fsp3) is 0.409. The van der Waals surface area contributed by atoms with Gasteiger partial charge in [-0.15, -0.1) is 0 Å². The maximum Gasteiger partial charge on any atom is 0.293 e. The van der Waals surface area contributed by atoms with E-state index >= 15 is 0 Å². The zero-order valence-corrected chi connectivity index (χ0v) is 16.9. The first kappa shape index (κ1) is 20.2. The van der Waals surface area contributed by atoms with Crippen LogP contribution in [0.15, 0.2) is 48.5 Å². The fourth-order valence-electron chi connectivity index (χ4n) is 3.69. The Bertz CT molecular complexity index is 893. The molecular formula is C22H27N5O3. The highest BCUT2D eigenvalue weighted by molar-refractivity contribution is 5.95. The summed E-state index contributed by atoms with van der Waals surface area (Å²) >= 11 is 0. The summed E-state index contributed by atoms with van der Waals surface area (Å²) in [4.78, 5) is 28.1. The van der Waals surface area contributed by atoms with E-state index in [9.17, 15) is 14.9 Å². The molecule has 8 heteroatoms. The molecule has 1 amide bonds. The van der Waals surface area contributed by atoms with Gasteiger partial charge in [0.2, 0.25) is 0 Å². The van der Waals surface area contributed by atoms with Gasteiger partial charge in [0.25, 0.3) is 11.6 Å². The highest BCUT2D eigenvalue weighted by atomic mass is 16.6. The summed E-state index contributed by atoms with van der Waals surface area (Å²) in [6, 6.07) is 15.3. The lowest BCUT2D eigenvalue weighted by Gasteiger charge is -2.36. The minimum atomic E-state index is -0.437. The number of piperazine rings is 1. The number of nitrogens with one attached hydrogen (secondary N) is 2. The molecule has 8 nitrogen and oxygen atoms in total. The van der Waals surface area contributed by atoms with Crippen molar-refractivity contribution in [2.24, 2.45) is 0 Å². The molecule has 0 spiro atoms. The smallest absolute Gasteiger partial charge is 0.293 e. The van der Waals surface area contributed by atoms with E-state index in [0.29, 0.717) is 23.8 Å². The number of benzene rings is 2. The van der Waals surface area contributed by atoms with Crippen LogP contribution in [-0.2, 0) is 0 Å². The van der Waals surface area contributed by atoms with Gasteiger partial charge in [-0.05, 0) is 37.1 Å². The molecule has 2 N–H and O–H groups in total. The van der Waals surface area contributed by atoms with Crippen LogP contribution in [0.5, 0.6) is 0 Å². The third-order valence-electron chi connectivity index (χ3n) is 5.60. The van der Waals surface area contributed by atoms with Crippen molar-refractivity contribution in [2.45, 2.75) is 18.9 Å². The largest absolute Gasteiger partial charge is 0.377 e. The zero-order valence-electron chi connectivity index (χ0n) is 16.9. The van der Waals surface area contributed by atoms with Gasteiger partial charge in [0.05, 0.1) is 4.92 Å².